The van der Waals surface area contributed by atoms with Crippen LogP contribution in [0.25, 0.3) is 33.9 Å². The van der Waals surface area contributed by atoms with Crippen molar-refractivity contribution < 1.29 is 4.42 Å². The molecule has 23 heavy (non-hydrogen) atoms. The molecule has 0 bridgehead atoms. The summed E-state index contributed by atoms with van der Waals surface area (Å²) >= 11 is 0. The third-order valence-electron chi connectivity index (χ3n) is 3.94. The molecule has 2 heterocycles. The van der Waals surface area contributed by atoms with Crippen LogP contribution >= 0.6 is 0 Å². The summed E-state index contributed by atoms with van der Waals surface area (Å²) in [5.41, 5.74) is 4.82. The van der Waals surface area contributed by atoms with Crippen molar-refractivity contribution in [3.8, 4) is 23.0 Å². The molecule has 4 nitrogen and oxygen atoms in total. The highest BCUT2D eigenvalue weighted by atomic mass is 16.4. The van der Waals surface area contributed by atoms with Gasteiger partial charge in [-0.05, 0) is 43.2 Å². The van der Waals surface area contributed by atoms with E-state index in [1.54, 1.807) is 0 Å². The highest BCUT2D eigenvalue weighted by Crippen LogP contribution is 2.27. The molecule has 2 aromatic heterocycles. The van der Waals surface area contributed by atoms with Gasteiger partial charge >= 0.3 is 0 Å². The highest BCUT2D eigenvalue weighted by molar-refractivity contribution is 5.84. The van der Waals surface area contributed by atoms with Crippen molar-refractivity contribution in [3.63, 3.8) is 0 Å². The van der Waals surface area contributed by atoms with Crippen molar-refractivity contribution in [2.45, 2.75) is 13.8 Å². The Morgan fingerprint density at radius 2 is 1.52 bits per heavy atom. The SMILES string of the molecule is Cc1ccccc1-c1nnc(-c2cc(C)c3ccccc3n2)o1. The van der Waals surface area contributed by atoms with Gasteiger partial charge in [0.25, 0.3) is 5.89 Å². The first kappa shape index (κ1) is 13.6. The van der Waals surface area contributed by atoms with Gasteiger partial charge in [-0.1, -0.05) is 36.4 Å². The Morgan fingerprint density at radius 1 is 0.783 bits per heavy atom. The lowest BCUT2D eigenvalue weighted by molar-refractivity contribution is 0.582. The van der Waals surface area contributed by atoms with Crippen LogP contribution in [0.3, 0.4) is 0 Å². The number of fused-ring (bicyclic) bond motifs is 1. The Kier molecular flexibility index (Phi) is 3.15. The van der Waals surface area contributed by atoms with Gasteiger partial charge in [-0.3, -0.25) is 0 Å². The number of hydrogen-bond donors (Lipinski definition) is 0. The maximum atomic E-state index is 5.86. The second-order valence-electron chi connectivity index (χ2n) is 5.57. The molecule has 0 aliphatic rings. The molecule has 0 N–H and O–H groups in total. The van der Waals surface area contributed by atoms with Gasteiger partial charge < -0.3 is 4.42 Å². The van der Waals surface area contributed by atoms with Crippen molar-refractivity contribution in [2.75, 3.05) is 0 Å². The van der Waals surface area contributed by atoms with E-state index in [0.29, 0.717) is 17.5 Å². The predicted molar refractivity (Wildman–Crippen MR) is 89.9 cm³/mol. The Balaban J connectivity index is 1.82. The summed E-state index contributed by atoms with van der Waals surface area (Å²) in [6, 6.07) is 18.0. The van der Waals surface area contributed by atoms with E-state index >= 15 is 0 Å². The first-order valence-electron chi connectivity index (χ1n) is 7.48. The van der Waals surface area contributed by atoms with Gasteiger partial charge in [0, 0.05) is 10.9 Å². The van der Waals surface area contributed by atoms with Crippen LogP contribution in [-0.4, -0.2) is 15.2 Å². The van der Waals surface area contributed by atoms with E-state index in [0.717, 1.165) is 27.6 Å². The number of para-hydroxylation sites is 1. The summed E-state index contributed by atoms with van der Waals surface area (Å²) in [5, 5.41) is 9.48. The number of pyridine rings is 1. The van der Waals surface area contributed by atoms with Crippen LogP contribution in [0.2, 0.25) is 0 Å². The van der Waals surface area contributed by atoms with Crippen LogP contribution in [-0.2, 0) is 0 Å². The fourth-order valence-corrected chi connectivity index (χ4v) is 2.71. The minimum absolute atomic E-state index is 0.442. The normalized spacial score (nSPS) is 11.0. The summed E-state index contributed by atoms with van der Waals surface area (Å²) in [5.74, 6) is 0.961. The molecule has 0 amide bonds. The third-order valence-corrected chi connectivity index (χ3v) is 3.94. The smallest absolute Gasteiger partial charge is 0.266 e. The zero-order valence-corrected chi connectivity index (χ0v) is 12.9. The van der Waals surface area contributed by atoms with E-state index in [4.69, 9.17) is 4.42 Å². The minimum Gasteiger partial charge on any atom is -0.415 e. The molecule has 0 saturated heterocycles. The molecule has 0 fully saturated rings. The maximum absolute atomic E-state index is 5.86. The molecule has 2 aromatic carbocycles. The Bertz CT molecular complexity index is 1000. The zero-order chi connectivity index (χ0) is 15.8. The van der Waals surface area contributed by atoms with Crippen molar-refractivity contribution in [1.29, 1.82) is 0 Å². The van der Waals surface area contributed by atoms with E-state index in [-0.39, 0.29) is 0 Å². The minimum atomic E-state index is 0.442. The monoisotopic (exact) mass is 301 g/mol. The molecular formula is C19H15N3O. The molecular weight excluding hydrogens is 286 g/mol. The summed E-state index contributed by atoms with van der Waals surface area (Å²) < 4.78 is 5.86. The molecule has 112 valence electrons. The third kappa shape index (κ3) is 2.38. The number of rotatable bonds is 2. The van der Waals surface area contributed by atoms with Crippen LogP contribution < -0.4 is 0 Å². The number of benzene rings is 2. The average Bonchev–Trinajstić information content (AvgIpc) is 3.05. The van der Waals surface area contributed by atoms with E-state index in [2.05, 4.69) is 28.2 Å². The van der Waals surface area contributed by atoms with Gasteiger partial charge in [-0.2, -0.15) is 0 Å². The molecule has 0 atom stereocenters. The second-order valence-corrected chi connectivity index (χ2v) is 5.57. The van der Waals surface area contributed by atoms with Crippen LogP contribution in [0, 0.1) is 13.8 Å². The maximum Gasteiger partial charge on any atom is 0.266 e. The number of aryl methyl sites for hydroxylation is 2. The summed E-state index contributed by atoms with van der Waals surface area (Å²) in [6.07, 6.45) is 0. The molecule has 0 unspecified atom stereocenters. The van der Waals surface area contributed by atoms with E-state index in [1.165, 1.54) is 0 Å². The lowest BCUT2D eigenvalue weighted by atomic mass is 10.1. The molecule has 0 radical (unpaired) electrons. The second kappa shape index (κ2) is 5.32. The fraction of sp³-hybridized carbons (Fsp3) is 0.105. The lowest BCUT2D eigenvalue weighted by Gasteiger charge is -2.03. The van der Waals surface area contributed by atoms with Crippen molar-refractivity contribution in [3.05, 3.63) is 65.7 Å². The van der Waals surface area contributed by atoms with Crippen molar-refractivity contribution in [2.24, 2.45) is 0 Å². The molecule has 4 rings (SSSR count). The van der Waals surface area contributed by atoms with Gasteiger partial charge in [0.05, 0.1) is 5.52 Å². The molecule has 4 aromatic rings. The Hall–Kier alpha value is -3.01. The summed E-state index contributed by atoms with van der Waals surface area (Å²) in [7, 11) is 0. The van der Waals surface area contributed by atoms with Crippen LogP contribution in [0.15, 0.2) is 59.0 Å². The van der Waals surface area contributed by atoms with Crippen molar-refractivity contribution >= 4 is 10.9 Å². The van der Waals surface area contributed by atoms with Crippen LogP contribution in [0.5, 0.6) is 0 Å². The fourth-order valence-electron chi connectivity index (χ4n) is 2.71. The molecule has 4 heteroatoms. The predicted octanol–water partition coefficient (Wildman–Crippen LogP) is 4.57. The van der Waals surface area contributed by atoms with E-state index in [1.807, 2.05) is 55.5 Å². The van der Waals surface area contributed by atoms with Gasteiger partial charge in [-0.15, -0.1) is 10.2 Å². The van der Waals surface area contributed by atoms with Crippen molar-refractivity contribution in [1.82, 2.24) is 15.2 Å². The number of hydrogen-bond acceptors (Lipinski definition) is 4. The summed E-state index contributed by atoms with van der Waals surface area (Å²) in [6.45, 7) is 4.09. The molecule has 0 aliphatic carbocycles. The molecule has 0 spiro atoms. The summed E-state index contributed by atoms with van der Waals surface area (Å²) in [4.78, 5) is 4.64. The van der Waals surface area contributed by atoms with E-state index in [9.17, 15) is 0 Å². The zero-order valence-electron chi connectivity index (χ0n) is 12.9. The van der Waals surface area contributed by atoms with Crippen LogP contribution in [0.4, 0.5) is 0 Å². The standard InChI is InChI=1S/C19H15N3O/c1-12-7-3-4-9-15(12)18-21-22-19(23-18)17-11-13(2)14-8-5-6-10-16(14)20-17/h3-11H,1-2H3. The molecule has 0 aliphatic heterocycles. The molecule has 0 saturated carbocycles. The average molecular weight is 301 g/mol. The van der Waals surface area contributed by atoms with Gasteiger partial charge in [0.1, 0.15) is 5.69 Å². The Morgan fingerprint density at radius 3 is 2.39 bits per heavy atom. The largest absolute Gasteiger partial charge is 0.415 e. The number of nitrogens with zero attached hydrogens (tertiary/aromatic N) is 3. The number of aromatic nitrogens is 3. The topological polar surface area (TPSA) is 51.8 Å². The van der Waals surface area contributed by atoms with E-state index < -0.39 is 0 Å². The quantitative estimate of drug-likeness (QED) is 0.544. The highest BCUT2D eigenvalue weighted by Gasteiger charge is 2.14. The first-order chi connectivity index (χ1) is 11.2. The first-order valence-corrected chi connectivity index (χ1v) is 7.48. The van der Waals surface area contributed by atoms with Gasteiger partial charge in [0.2, 0.25) is 5.89 Å². The van der Waals surface area contributed by atoms with Crippen LogP contribution in [0.1, 0.15) is 11.1 Å². The lowest BCUT2D eigenvalue weighted by Crippen LogP contribution is -1.88. The van der Waals surface area contributed by atoms with Gasteiger partial charge in [0.15, 0.2) is 0 Å². The van der Waals surface area contributed by atoms with Gasteiger partial charge in [-0.25, -0.2) is 4.98 Å². The Labute approximate surface area is 133 Å².